The zero-order valence-electron chi connectivity index (χ0n) is 79.0. The summed E-state index contributed by atoms with van der Waals surface area (Å²) in [4.78, 5) is 52.4. The number of hydrogen-bond donors (Lipinski definition) is 16. The van der Waals surface area contributed by atoms with Gasteiger partial charge in [0.15, 0.2) is 0 Å². The monoisotopic (exact) mass is 2010 g/mol. The third-order valence-electron chi connectivity index (χ3n) is 28.8. The Kier molecular flexibility index (Phi) is 35.4. The van der Waals surface area contributed by atoms with Crippen molar-refractivity contribution in [2.45, 2.75) is 276 Å². The molecule has 0 bridgehead atoms. The first-order chi connectivity index (χ1) is 65.1. The molecule has 1 aliphatic heterocycles. The predicted molar refractivity (Wildman–Crippen MR) is 555 cm³/mol. The number of aliphatic hydroxyl groups is 5. The summed E-state index contributed by atoms with van der Waals surface area (Å²) in [6, 6.07) is 27.6. The smallest absolute Gasteiger partial charge is 0.253 e. The number of ether oxygens (including phenoxy) is 1. The number of nitrogens with zero attached hydrogens (tertiary/aromatic N) is 10. The highest BCUT2D eigenvalue weighted by molar-refractivity contribution is 7.99. The molecule has 10 aromatic rings. The van der Waals surface area contributed by atoms with E-state index in [0.29, 0.717) is 152 Å². The molecule has 9 heterocycles. The van der Waals surface area contributed by atoms with E-state index in [4.69, 9.17) is 147 Å². The molecule has 6 aliphatic carbocycles. The van der Waals surface area contributed by atoms with Crippen LogP contribution in [0.25, 0.3) is 45.0 Å². The summed E-state index contributed by atoms with van der Waals surface area (Å²) in [6.07, 6.45) is 28.0. The van der Waals surface area contributed by atoms with Gasteiger partial charge in [0.25, 0.3) is 5.91 Å². The van der Waals surface area contributed by atoms with E-state index in [-0.39, 0.29) is 95.7 Å². The Morgan fingerprint density at radius 1 is 0.445 bits per heavy atom. The number of nitrogens with two attached hydrogens (primary N) is 11. The van der Waals surface area contributed by atoms with E-state index < -0.39 is 0 Å². The number of amides is 1. The van der Waals surface area contributed by atoms with Gasteiger partial charge in [-0.1, -0.05) is 112 Å². The molecule has 0 unspecified atom stereocenters. The second kappa shape index (κ2) is 46.0. The van der Waals surface area contributed by atoms with E-state index in [1.807, 2.05) is 60.7 Å². The van der Waals surface area contributed by atoms with Crippen molar-refractivity contribution < 1.29 is 35.1 Å². The number of halogens is 6. The molecule has 736 valence electrons. The van der Waals surface area contributed by atoms with Crippen molar-refractivity contribution in [2.24, 2.45) is 34.1 Å². The molecule has 0 radical (unpaired) electrons. The van der Waals surface area contributed by atoms with E-state index in [1.54, 1.807) is 67.9 Å². The van der Waals surface area contributed by atoms with Gasteiger partial charge in [-0.15, -0.1) is 0 Å². The summed E-state index contributed by atoms with van der Waals surface area (Å²) >= 11 is 38.5. The second-order valence-corrected chi connectivity index (χ2v) is 42.9. The SMILES string of the molecule is CC1(N)CCC(c2c(N)cc(-c3cnc(Cl)c(Cl)c3)nc2CO)CC1.CC1(N)CCC(c2c(N)cc(-c3cnc(N4CCOCC4)c(Cl)c3)nc2CO)CC1.CC1(N)CCC(c2c(N)cc(Sc3ccnc(N)c3Cl)nc2CO)CC1.CN(C)C(=O)c1ccc(-c2cc(N)c(C3CCC(C)(N)CC3)c(CO)n2)cc1.Nc1cc(-c2cccc(Cl)c2Cl)nc(CO)c1C1CCC2(CCC[C@H]2N)CC1. The number of carbonyl (C=O) groups excluding carboxylic acids is 1. The Balaban J connectivity index is 0.000000145. The Morgan fingerprint density at radius 2 is 0.832 bits per heavy atom. The van der Waals surface area contributed by atoms with Crippen LogP contribution in [0, 0.1) is 5.41 Å². The van der Waals surface area contributed by atoms with E-state index in [9.17, 15) is 30.3 Å². The number of pyridine rings is 8. The van der Waals surface area contributed by atoms with Crippen LogP contribution in [0.3, 0.4) is 0 Å². The van der Waals surface area contributed by atoms with E-state index in [0.717, 1.165) is 203 Å². The average Bonchev–Trinajstić information content (AvgIpc) is 1.74. The fourth-order valence-electron chi connectivity index (χ4n) is 20.8. The van der Waals surface area contributed by atoms with Gasteiger partial charge in [0.05, 0.1) is 123 Å². The summed E-state index contributed by atoms with van der Waals surface area (Å²) in [5, 5.41) is 52.8. The number of hydrogen-bond acceptors (Lipinski definition) is 28. The third kappa shape index (κ3) is 25.8. The molecule has 7 aliphatic rings. The standard InChI is InChI=1S/C22H27Cl2N3O.C22H30ClN5O2.C22H30N4O2.C18H22Cl2N4O.C18H24ClN5OS/c23-15-4-1-3-14(21(15)24)17-11-16(25)20(18(12-28)27-17)13-6-9-22(10-7-13)8-2-5-19(22)26;1-22(25)4-2-14(3-5-22)20-17(24)11-18(27-19(20)13-29)15-10-16(23)21(26-12-15)28-6-8-30-9-7-28;1-22(24)10-8-15(9-11-22)20-17(23)12-18(25-19(20)13-27)14-4-6-16(7-5-14)21(28)26(2)3;1-18(22)4-2-10(3-5-18)16-13(21)7-14(24-15(16)9-25)11-6-12(19)17(20)23-8-11;1-18(22)5-2-10(3-6-18)15-11(20)8-14(24-12(15)9-25)26-13-4-7-23-17(21)16(13)19/h1,3-4,11,13,19,28H,2,5-10,12,26H2,(H2,25,27);10-12,14,29H,2-9,13,25H2,1H3,(H2,24,27);4-7,12,15,27H,8-11,13,24H2,1-3H3,(H2,23,25);6-8,10,25H,2-5,9,22H2,1H3,(H2,21,24);4,7-8,10,25H,2-3,5-6,9,22H2,1H3,(H2,20,24)(H2,21,23)/t13?,19-,22?;;;;/m1..../s1. The van der Waals surface area contributed by atoms with Crippen LogP contribution < -0.4 is 68.0 Å². The van der Waals surface area contributed by atoms with Crippen molar-refractivity contribution in [3.8, 4) is 45.0 Å². The first-order valence-electron chi connectivity index (χ1n) is 47.2. The van der Waals surface area contributed by atoms with E-state index in [1.165, 1.54) is 24.6 Å². The lowest BCUT2D eigenvalue weighted by Gasteiger charge is -2.41. The summed E-state index contributed by atoms with van der Waals surface area (Å²) in [5.41, 5.74) is 86.6. The Hall–Kier alpha value is -8.64. The van der Waals surface area contributed by atoms with Gasteiger partial charge in [-0.3, -0.25) is 4.79 Å². The van der Waals surface area contributed by atoms with Crippen LogP contribution in [0.5, 0.6) is 0 Å². The number of aliphatic hydroxyl groups excluding tert-OH is 5. The summed E-state index contributed by atoms with van der Waals surface area (Å²) in [7, 11) is 3.45. The normalized spacial score (nSPS) is 24.3. The molecule has 17 rings (SSSR count). The highest BCUT2D eigenvalue weighted by atomic mass is 35.5. The zero-order valence-corrected chi connectivity index (χ0v) is 84.4. The molecule has 8 aromatic heterocycles. The van der Waals surface area contributed by atoms with Crippen LogP contribution >= 0.6 is 81.4 Å². The second-order valence-electron chi connectivity index (χ2n) is 39.5. The van der Waals surface area contributed by atoms with Crippen LogP contribution in [0.4, 0.5) is 40.1 Å². The van der Waals surface area contributed by atoms with Gasteiger partial charge < -0.3 is 103 Å². The number of aromatic nitrogens is 8. The Morgan fingerprint density at radius 3 is 1.23 bits per heavy atom. The van der Waals surface area contributed by atoms with Gasteiger partial charge >= 0.3 is 0 Å². The number of benzene rings is 2. The Bertz CT molecular complexity index is 5870. The van der Waals surface area contributed by atoms with Gasteiger partial charge in [-0.2, -0.15) is 0 Å². The molecule has 7 fully saturated rings. The van der Waals surface area contributed by atoms with Crippen molar-refractivity contribution in [2.75, 3.05) is 79.7 Å². The lowest BCUT2D eigenvalue weighted by atomic mass is 9.66. The molecule has 1 spiro atoms. The summed E-state index contributed by atoms with van der Waals surface area (Å²) in [5.74, 6) is 2.40. The maximum absolute atomic E-state index is 12.1. The van der Waals surface area contributed by atoms with Gasteiger partial charge in [-0.25, -0.2) is 39.9 Å². The molecular weight excluding hydrogens is 1880 g/mol. The van der Waals surface area contributed by atoms with Crippen molar-refractivity contribution in [3.63, 3.8) is 0 Å². The van der Waals surface area contributed by atoms with Crippen molar-refractivity contribution in [1.82, 2.24) is 44.8 Å². The fourth-order valence-corrected chi connectivity index (χ4v) is 22.8. The first kappa shape index (κ1) is 106. The molecule has 2 aromatic carbocycles. The quantitative estimate of drug-likeness (QED) is 0.0355. The molecular formula is C102H133Cl6N21O7S. The molecule has 35 heteroatoms. The van der Waals surface area contributed by atoms with Gasteiger partial charge in [0.1, 0.15) is 21.8 Å². The topological polar surface area (TPSA) is 523 Å². The minimum atomic E-state index is -0.168. The lowest BCUT2D eigenvalue weighted by Crippen LogP contribution is -2.39. The van der Waals surface area contributed by atoms with E-state index >= 15 is 0 Å². The third-order valence-corrected chi connectivity index (χ3v) is 32.0. The van der Waals surface area contributed by atoms with Crippen molar-refractivity contribution >= 4 is 127 Å². The average molecular weight is 2010 g/mol. The molecule has 28 nitrogen and oxygen atoms in total. The summed E-state index contributed by atoms with van der Waals surface area (Å²) < 4.78 is 5.40. The van der Waals surface area contributed by atoms with Gasteiger partial charge in [0, 0.05) is 163 Å². The number of nitrogen functional groups attached to an aromatic ring is 6. The van der Waals surface area contributed by atoms with Gasteiger partial charge in [0.2, 0.25) is 0 Å². The minimum Gasteiger partial charge on any atom is -0.398 e. The van der Waals surface area contributed by atoms with E-state index in [2.05, 4.69) is 62.5 Å². The molecule has 27 N–H and O–H groups in total. The maximum Gasteiger partial charge on any atom is 0.253 e. The minimum absolute atomic E-state index is 0.0466. The largest absolute Gasteiger partial charge is 0.398 e. The molecule has 1 atom stereocenters. The fraction of sp³-hybridized carbons (Fsp3) is 0.480. The highest BCUT2D eigenvalue weighted by Crippen LogP contribution is 2.54. The lowest BCUT2D eigenvalue weighted by molar-refractivity contribution is 0.0827. The number of carbonyl (C=O) groups is 1. The van der Waals surface area contributed by atoms with Crippen LogP contribution in [-0.4, -0.2) is 145 Å². The van der Waals surface area contributed by atoms with Crippen LogP contribution in [0.1, 0.15) is 272 Å². The Labute approximate surface area is 837 Å². The van der Waals surface area contributed by atoms with Crippen molar-refractivity contribution in [1.29, 1.82) is 0 Å². The van der Waals surface area contributed by atoms with Crippen molar-refractivity contribution in [3.05, 3.63) is 202 Å². The van der Waals surface area contributed by atoms with Crippen LogP contribution in [0.2, 0.25) is 30.3 Å². The first-order valence-corrected chi connectivity index (χ1v) is 50.3. The van der Waals surface area contributed by atoms with Gasteiger partial charge in [-0.05, 0) is 271 Å². The molecule has 1 saturated heterocycles. The van der Waals surface area contributed by atoms with Crippen LogP contribution in [-0.2, 0) is 37.8 Å². The zero-order chi connectivity index (χ0) is 98.8. The summed E-state index contributed by atoms with van der Waals surface area (Å²) in [6.45, 7) is 10.4. The number of anilines is 7. The van der Waals surface area contributed by atoms with Crippen LogP contribution in [0.15, 0.2) is 120 Å². The molecule has 1 amide bonds. The number of morpholine rings is 1. The molecule has 137 heavy (non-hydrogen) atoms. The maximum atomic E-state index is 12.1. The number of rotatable bonds is 18. The highest BCUT2D eigenvalue weighted by Gasteiger charge is 2.45. The predicted octanol–water partition coefficient (Wildman–Crippen LogP) is 18.5. The molecule has 6 saturated carbocycles.